The second kappa shape index (κ2) is 21.7. The maximum Gasteiger partial charge on any atom is 0.695 e. The average Bonchev–Trinajstić information content (AvgIpc) is 3.69. The standard InChI is InChI=1S/C36H53O3P.C13H11N3O/c1-2-3-4-5-6-7-8-9-20-29-36(39-40(37)38,34-27-18-16-25-32(34)30-21-12-10-13-22-30)35-28-19-17-26-33(35)31-23-14-11-15-24-31;1-9-6-7-13(17)12(8-9)16-14-10-4-2-3-5-11(10)15-16/h16-19,25-28,30-31H,2-15,20-24,29H2,1H3;2-8,17H,1H3/p+1. The van der Waals surface area contributed by atoms with E-state index in [9.17, 15) is 14.6 Å². The van der Waals surface area contributed by atoms with Crippen molar-refractivity contribution < 1.29 is 19.1 Å². The van der Waals surface area contributed by atoms with Gasteiger partial charge in [0.1, 0.15) is 22.5 Å². The molecule has 0 bridgehead atoms. The van der Waals surface area contributed by atoms with Crippen LogP contribution in [0.25, 0.3) is 16.7 Å². The summed E-state index contributed by atoms with van der Waals surface area (Å²) in [5, 5.41) is 18.5. The fourth-order valence-electron chi connectivity index (χ4n) is 9.41. The molecule has 0 spiro atoms. The molecule has 8 heteroatoms. The van der Waals surface area contributed by atoms with E-state index in [1.807, 2.05) is 43.3 Å². The number of rotatable bonds is 17. The number of hydrogen-bond acceptors (Lipinski definition) is 5. The summed E-state index contributed by atoms with van der Waals surface area (Å²) in [6, 6.07) is 30.5. The van der Waals surface area contributed by atoms with Gasteiger partial charge in [-0.05, 0) is 109 Å². The summed E-state index contributed by atoms with van der Waals surface area (Å²) in [7, 11) is -2.78. The van der Waals surface area contributed by atoms with Crippen molar-refractivity contribution in [1.29, 1.82) is 0 Å². The van der Waals surface area contributed by atoms with Crippen molar-refractivity contribution in [2.75, 3.05) is 0 Å². The van der Waals surface area contributed by atoms with Gasteiger partial charge in [-0.15, -0.1) is 24.4 Å². The van der Waals surface area contributed by atoms with Crippen LogP contribution in [0.15, 0.2) is 91.0 Å². The van der Waals surface area contributed by atoms with E-state index in [-0.39, 0.29) is 5.75 Å². The summed E-state index contributed by atoms with van der Waals surface area (Å²) < 4.78 is 19.1. The zero-order chi connectivity index (χ0) is 39.9. The van der Waals surface area contributed by atoms with Crippen LogP contribution in [0.1, 0.15) is 175 Å². The molecular weight excluding hydrogens is 726 g/mol. The molecule has 0 amide bonds. The predicted molar refractivity (Wildman–Crippen MR) is 233 cm³/mol. The molecule has 0 saturated heterocycles. The fourth-order valence-corrected chi connectivity index (χ4v) is 9.96. The van der Waals surface area contributed by atoms with Gasteiger partial charge in [0.2, 0.25) is 0 Å². The zero-order valence-corrected chi connectivity index (χ0v) is 35.4. The Hall–Kier alpha value is -3.90. The molecule has 1 heterocycles. The Labute approximate surface area is 342 Å². The molecule has 5 aromatic rings. The number of aryl methyl sites for hydroxylation is 1. The van der Waals surface area contributed by atoms with Crippen LogP contribution in [-0.4, -0.2) is 25.0 Å². The number of hydrogen-bond donors (Lipinski definition) is 2. The Bertz CT molecular complexity index is 1900. The fraction of sp³-hybridized carbons (Fsp3) is 0.510. The first-order valence-corrected chi connectivity index (χ1v) is 23.2. The maximum atomic E-state index is 12.7. The first-order chi connectivity index (χ1) is 27.9. The minimum Gasteiger partial charge on any atom is -0.506 e. The third kappa shape index (κ3) is 11.4. The molecule has 1 aromatic heterocycles. The lowest BCUT2D eigenvalue weighted by atomic mass is 9.71. The van der Waals surface area contributed by atoms with Crippen molar-refractivity contribution in [2.24, 2.45) is 0 Å². The molecule has 2 saturated carbocycles. The van der Waals surface area contributed by atoms with E-state index >= 15 is 0 Å². The average molecular weight is 791 g/mol. The molecule has 304 valence electrons. The minimum absolute atomic E-state index is 0.177. The van der Waals surface area contributed by atoms with Crippen LogP contribution in [0.4, 0.5) is 0 Å². The molecule has 1 atom stereocenters. The largest absolute Gasteiger partial charge is 0.695 e. The number of fused-ring (bicyclic) bond motifs is 1. The van der Waals surface area contributed by atoms with E-state index in [1.54, 1.807) is 6.07 Å². The van der Waals surface area contributed by atoms with Crippen molar-refractivity contribution in [2.45, 2.75) is 160 Å². The van der Waals surface area contributed by atoms with Crippen LogP contribution in [0.2, 0.25) is 0 Å². The molecule has 2 aliphatic carbocycles. The van der Waals surface area contributed by atoms with E-state index < -0.39 is 13.9 Å². The topological polar surface area (TPSA) is 97.5 Å². The molecule has 1 unspecified atom stereocenters. The van der Waals surface area contributed by atoms with Crippen LogP contribution in [0.3, 0.4) is 0 Å². The summed E-state index contributed by atoms with van der Waals surface area (Å²) in [6.07, 6.45) is 24.5. The smallest absolute Gasteiger partial charge is 0.506 e. The van der Waals surface area contributed by atoms with Crippen molar-refractivity contribution in [3.63, 3.8) is 0 Å². The summed E-state index contributed by atoms with van der Waals surface area (Å²) in [5.41, 5.74) is 7.35. The van der Waals surface area contributed by atoms with Crippen LogP contribution in [-0.2, 0) is 14.7 Å². The summed E-state index contributed by atoms with van der Waals surface area (Å²) in [4.78, 5) is 11.9. The molecule has 0 radical (unpaired) electrons. The lowest BCUT2D eigenvalue weighted by Gasteiger charge is -2.36. The van der Waals surface area contributed by atoms with E-state index in [0.29, 0.717) is 17.5 Å². The second-order valence-electron chi connectivity index (χ2n) is 16.5. The van der Waals surface area contributed by atoms with Gasteiger partial charge >= 0.3 is 8.25 Å². The number of unbranched alkanes of at least 4 members (excludes halogenated alkanes) is 8. The van der Waals surface area contributed by atoms with Crippen LogP contribution in [0.5, 0.6) is 5.75 Å². The minimum atomic E-state index is -2.78. The maximum absolute atomic E-state index is 12.7. The monoisotopic (exact) mass is 790 g/mol. The predicted octanol–water partition coefficient (Wildman–Crippen LogP) is 14.0. The van der Waals surface area contributed by atoms with Gasteiger partial charge in [-0.2, -0.15) is 0 Å². The van der Waals surface area contributed by atoms with E-state index in [0.717, 1.165) is 47.0 Å². The van der Waals surface area contributed by atoms with E-state index in [2.05, 4.69) is 65.7 Å². The van der Waals surface area contributed by atoms with Crippen molar-refractivity contribution in [1.82, 2.24) is 15.0 Å². The molecule has 7 rings (SSSR count). The van der Waals surface area contributed by atoms with Crippen LogP contribution < -0.4 is 0 Å². The summed E-state index contributed by atoms with van der Waals surface area (Å²) in [6.45, 7) is 4.24. The Morgan fingerprint density at radius 2 is 1.14 bits per heavy atom. The highest BCUT2D eigenvalue weighted by molar-refractivity contribution is 7.32. The van der Waals surface area contributed by atoms with Crippen LogP contribution in [0, 0.1) is 6.92 Å². The summed E-state index contributed by atoms with van der Waals surface area (Å²) >= 11 is 0. The van der Waals surface area contributed by atoms with Gasteiger partial charge in [0, 0.05) is 4.57 Å². The molecule has 2 aliphatic rings. The number of aromatic hydroxyl groups is 1. The Morgan fingerprint density at radius 1 is 0.667 bits per heavy atom. The van der Waals surface area contributed by atoms with Gasteiger partial charge in [0.05, 0.1) is 0 Å². The number of aromatic nitrogens is 3. The Kier molecular flexibility index (Phi) is 16.3. The van der Waals surface area contributed by atoms with Crippen molar-refractivity contribution >= 4 is 19.3 Å². The highest BCUT2D eigenvalue weighted by Crippen LogP contribution is 2.51. The van der Waals surface area contributed by atoms with Gasteiger partial charge < -0.3 is 5.11 Å². The van der Waals surface area contributed by atoms with Gasteiger partial charge in [-0.1, -0.05) is 164 Å². The third-order valence-corrected chi connectivity index (χ3v) is 12.8. The number of benzene rings is 4. The highest BCUT2D eigenvalue weighted by Gasteiger charge is 2.47. The van der Waals surface area contributed by atoms with Crippen LogP contribution >= 0.6 is 8.25 Å². The molecule has 57 heavy (non-hydrogen) atoms. The third-order valence-electron chi connectivity index (χ3n) is 12.4. The SMILES string of the molecule is CCCCCCCCCCCC(O[P+](=O)O)(c1ccccc1C1CCCCC1)c1ccccc1C1CCCCC1.Cc1ccc(O)c(-n2nc3ccccc3n2)c1. The van der Waals surface area contributed by atoms with Gasteiger partial charge in [-0.3, -0.25) is 0 Å². The van der Waals surface area contributed by atoms with E-state index in [4.69, 9.17) is 4.52 Å². The van der Waals surface area contributed by atoms with Crippen molar-refractivity contribution in [3.05, 3.63) is 119 Å². The van der Waals surface area contributed by atoms with Gasteiger partial charge in [0.15, 0.2) is 5.60 Å². The lowest BCUT2D eigenvalue weighted by Crippen LogP contribution is -2.33. The zero-order valence-electron chi connectivity index (χ0n) is 34.5. The number of nitrogens with zero attached hydrogens (tertiary/aromatic N) is 3. The Morgan fingerprint density at radius 3 is 1.65 bits per heavy atom. The molecule has 7 nitrogen and oxygen atoms in total. The summed E-state index contributed by atoms with van der Waals surface area (Å²) in [5.74, 6) is 1.17. The number of phenolic OH excluding ortho intramolecular Hbond substituents is 1. The van der Waals surface area contributed by atoms with Gasteiger partial charge in [-0.25, -0.2) is 0 Å². The Balaban J connectivity index is 0.000000266. The second-order valence-corrected chi connectivity index (χ2v) is 17.2. The lowest BCUT2D eigenvalue weighted by molar-refractivity contribution is 0.0880. The van der Waals surface area contributed by atoms with E-state index in [1.165, 1.54) is 125 Å². The highest BCUT2D eigenvalue weighted by atomic mass is 31.1. The first kappa shape index (κ1) is 42.7. The molecule has 2 fully saturated rings. The molecule has 0 aliphatic heterocycles. The normalized spacial score (nSPS) is 15.7. The number of phenols is 1. The quantitative estimate of drug-likeness (QED) is 0.0719. The molecule has 2 N–H and O–H groups in total. The molecular formula is C49H65N3O4P+. The molecule has 4 aromatic carbocycles. The van der Waals surface area contributed by atoms with Gasteiger partial charge in [0.25, 0.3) is 0 Å². The first-order valence-electron chi connectivity index (χ1n) is 22.1. The van der Waals surface area contributed by atoms with Crippen molar-refractivity contribution in [3.8, 4) is 11.4 Å².